The Balaban J connectivity index is 1.18. The van der Waals surface area contributed by atoms with Crippen LogP contribution in [0, 0.1) is 5.92 Å². The van der Waals surface area contributed by atoms with Crippen molar-refractivity contribution in [1.82, 2.24) is 20.1 Å². The lowest BCUT2D eigenvalue weighted by molar-refractivity contribution is -0.137. The van der Waals surface area contributed by atoms with Crippen LogP contribution in [0.3, 0.4) is 0 Å². The molecule has 1 aliphatic heterocycles. The van der Waals surface area contributed by atoms with Gasteiger partial charge < -0.3 is 14.6 Å². The molecule has 1 saturated carbocycles. The van der Waals surface area contributed by atoms with Crippen LogP contribution in [0.5, 0.6) is 0 Å². The van der Waals surface area contributed by atoms with Gasteiger partial charge in [-0.2, -0.15) is 0 Å². The van der Waals surface area contributed by atoms with Crippen molar-refractivity contribution in [3.63, 3.8) is 0 Å². The van der Waals surface area contributed by atoms with Gasteiger partial charge in [-0.05, 0) is 25.0 Å². The van der Waals surface area contributed by atoms with Gasteiger partial charge in [0.05, 0.1) is 12.5 Å². The summed E-state index contributed by atoms with van der Waals surface area (Å²) in [7, 11) is 0. The van der Waals surface area contributed by atoms with Crippen molar-refractivity contribution in [2.75, 3.05) is 39.3 Å². The molecule has 0 bridgehead atoms. The number of carbonyl (C=O) groups is 2. The average Bonchev–Trinajstić information content (AvgIpc) is 3.50. The van der Waals surface area contributed by atoms with Crippen LogP contribution >= 0.6 is 11.3 Å². The van der Waals surface area contributed by atoms with E-state index in [4.69, 9.17) is 4.42 Å². The van der Waals surface area contributed by atoms with Gasteiger partial charge in [-0.15, -0.1) is 11.3 Å². The molecule has 2 aromatic rings. The maximum Gasteiger partial charge on any atom is 0.263 e. The minimum Gasteiger partial charge on any atom is -0.462 e. The molecule has 0 radical (unpaired) electrons. The number of thiazole rings is 1. The largest absolute Gasteiger partial charge is 0.462 e. The molecule has 1 aliphatic carbocycles. The molecule has 2 fully saturated rings. The summed E-state index contributed by atoms with van der Waals surface area (Å²) in [4.78, 5) is 34.0. The van der Waals surface area contributed by atoms with E-state index in [0.29, 0.717) is 28.1 Å². The summed E-state index contributed by atoms with van der Waals surface area (Å²) >= 11 is 1.33. The van der Waals surface area contributed by atoms with Crippen LogP contribution in [-0.2, 0) is 4.79 Å². The Morgan fingerprint density at radius 2 is 2.00 bits per heavy atom. The quantitative estimate of drug-likeness (QED) is 0.803. The molecule has 1 N–H and O–H groups in total. The van der Waals surface area contributed by atoms with Gasteiger partial charge in [0.25, 0.3) is 5.91 Å². The first-order valence-corrected chi connectivity index (χ1v) is 10.8. The molecule has 1 saturated heterocycles. The zero-order chi connectivity index (χ0) is 19.3. The maximum absolute atomic E-state index is 12.5. The third-order valence-corrected chi connectivity index (χ3v) is 6.57. The van der Waals surface area contributed by atoms with E-state index in [0.717, 1.165) is 45.6 Å². The molecule has 28 heavy (non-hydrogen) atoms. The number of nitrogens with zero attached hydrogens (tertiary/aromatic N) is 3. The zero-order valence-electron chi connectivity index (χ0n) is 15.9. The highest BCUT2D eigenvalue weighted by Crippen LogP contribution is 2.27. The molecule has 7 nitrogen and oxygen atoms in total. The Kier molecular flexibility index (Phi) is 6.07. The fourth-order valence-electron chi connectivity index (χ4n) is 3.93. The molecule has 2 aliphatic rings. The second kappa shape index (κ2) is 8.87. The summed E-state index contributed by atoms with van der Waals surface area (Å²) in [6.45, 7) is 4.72. The molecule has 0 atom stereocenters. The summed E-state index contributed by atoms with van der Waals surface area (Å²) in [5, 5.41) is 3.67. The Hall–Kier alpha value is -2.19. The topological polar surface area (TPSA) is 78.7 Å². The fourth-order valence-corrected chi connectivity index (χ4v) is 4.73. The Morgan fingerprint density at radius 3 is 2.71 bits per heavy atom. The molecule has 3 heterocycles. The average molecular weight is 403 g/mol. The molecule has 8 heteroatoms. The van der Waals surface area contributed by atoms with Crippen molar-refractivity contribution in [2.45, 2.75) is 25.7 Å². The van der Waals surface area contributed by atoms with Crippen LogP contribution in [0.1, 0.15) is 35.4 Å². The second-order valence-electron chi connectivity index (χ2n) is 7.41. The molecule has 150 valence electrons. The summed E-state index contributed by atoms with van der Waals surface area (Å²) < 4.78 is 5.31. The number of aromatic nitrogens is 1. The Bertz CT molecular complexity index is 790. The normalized spacial score (nSPS) is 18.5. The molecule has 4 rings (SSSR count). The van der Waals surface area contributed by atoms with Gasteiger partial charge in [0.1, 0.15) is 4.88 Å². The summed E-state index contributed by atoms with van der Waals surface area (Å²) in [6.07, 6.45) is 7.69. The van der Waals surface area contributed by atoms with Gasteiger partial charge >= 0.3 is 0 Å². The molecular formula is C20H26N4O3S. The summed E-state index contributed by atoms with van der Waals surface area (Å²) in [5.41, 5.74) is 0. The van der Waals surface area contributed by atoms with E-state index in [1.165, 1.54) is 24.2 Å². The third-order valence-electron chi connectivity index (χ3n) is 5.56. The van der Waals surface area contributed by atoms with Crippen LogP contribution in [0.4, 0.5) is 0 Å². The van der Waals surface area contributed by atoms with Crippen molar-refractivity contribution in [2.24, 2.45) is 5.92 Å². The number of nitrogens with one attached hydrogen (secondary N) is 1. The third kappa shape index (κ3) is 4.44. The van der Waals surface area contributed by atoms with E-state index in [1.807, 2.05) is 11.0 Å². The number of hydrogen-bond donors (Lipinski definition) is 1. The van der Waals surface area contributed by atoms with E-state index in [9.17, 15) is 9.59 Å². The number of hydrogen-bond acceptors (Lipinski definition) is 6. The van der Waals surface area contributed by atoms with Gasteiger partial charge in [-0.1, -0.05) is 12.8 Å². The van der Waals surface area contributed by atoms with Crippen molar-refractivity contribution in [3.8, 4) is 10.8 Å². The highest BCUT2D eigenvalue weighted by Gasteiger charge is 2.29. The molecular weight excluding hydrogens is 376 g/mol. The van der Waals surface area contributed by atoms with Crippen LogP contribution in [0.2, 0.25) is 0 Å². The lowest BCUT2D eigenvalue weighted by Crippen LogP contribution is -2.51. The van der Waals surface area contributed by atoms with Gasteiger partial charge in [0, 0.05) is 45.2 Å². The van der Waals surface area contributed by atoms with Crippen molar-refractivity contribution < 1.29 is 14.0 Å². The number of carbonyl (C=O) groups excluding carboxylic acids is 2. The number of amides is 2. The monoisotopic (exact) mass is 402 g/mol. The van der Waals surface area contributed by atoms with Crippen molar-refractivity contribution in [3.05, 3.63) is 29.5 Å². The molecule has 0 aromatic carbocycles. The zero-order valence-corrected chi connectivity index (χ0v) is 16.7. The highest BCUT2D eigenvalue weighted by molar-refractivity contribution is 7.16. The van der Waals surface area contributed by atoms with Crippen LogP contribution in [-0.4, -0.2) is 65.9 Å². The molecule has 2 aromatic heterocycles. The highest BCUT2D eigenvalue weighted by atomic mass is 32.1. The van der Waals surface area contributed by atoms with Crippen LogP contribution in [0.15, 0.2) is 29.0 Å². The standard InChI is InChI=1S/C20H26N4O3S/c25-18(17-14-22-19(28-17)16-6-3-13-27-16)21-7-8-23-9-11-24(12-10-23)20(26)15-4-1-2-5-15/h3,6,13-15H,1-2,4-5,7-12H2,(H,21,25). The van der Waals surface area contributed by atoms with Crippen molar-refractivity contribution >= 4 is 23.2 Å². The summed E-state index contributed by atoms with van der Waals surface area (Å²) in [5.74, 6) is 1.18. The van der Waals surface area contributed by atoms with Gasteiger partial charge in [0.2, 0.25) is 5.91 Å². The lowest BCUT2D eigenvalue weighted by atomic mass is 10.1. The first-order chi connectivity index (χ1) is 13.7. The van der Waals surface area contributed by atoms with E-state index in [1.54, 1.807) is 18.5 Å². The second-order valence-corrected chi connectivity index (χ2v) is 8.44. The first-order valence-electron chi connectivity index (χ1n) is 10.00. The first kappa shape index (κ1) is 19.1. The van der Waals surface area contributed by atoms with E-state index >= 15 is 0 Å². The maximum atomic E-state index is 12.5. The lowest BCUT2D eigenvalue weighted by Gasteiger charge is -2.36. The number of piperazine rings is 1. The Labute approximate surface area is 168 Å². The SMILES string of the molecule is O=C(NCCN1CCN(C(=O)C2CCCC2)CC1)c1cnc(-c2ccco2)s1. The van der Waals surface area contributed by atoms with E-state index < -0.39 is 0 Å². The predicted molar refractivity (Wildman–Crippen MR) is 107 cm³/mol. The Morgan fingerprint density at radius 1 is 1.21 bits per heavy atom. The van der Waals surface area contributed by atoms with E-state index in [-0.39, 0.29) is 11.8 Å². The number of rotatable bonds is 6. The van der Waals surface area contributed by atoms with Crippen molar-refractivity contribution in [1.29, 1.82) is 0 Å². The van der Waals surface area contributed by atoms with Crippen LogP contribution < -0.4 is 5.32 Å². The van der Waals surface area contributed by atoms with Gasteiger partial charge in [0.15, 0.2) is 10.8 Å². The number of furan rings is 1. The van der Waals surface area contributed by atoms with Gasteiger partial charge in [-0.3, -0.25) is 14.5 Å². The molecule has 0 spiro atoms. The van der Waals surface area contributed by atoms with Crippen LogP contribution in [0.25, 0.3) is 10.8 Å². The minimum atomic E-state index is -0.106. The molecule has 0 unspecified atom stereocenters. The predicted octanol–water partition coefficient (Wildman–Crippen LogP) is 2.47. The van der Waals surface area contributed by atoms with E-state index in [2.05, 4.69) is 15.2 Å². The fraction of sp³-hybridized carbons (Fsp3) is 0.550. The summed E-state index contributed by atoms with van der Waals surface area (Å²) in [6, 6.07) is 3.63. The minimum absolute atomic E-state index is 0.106. The smallest absolute Gasteiger partial charge is 0.263 e. The van der Waals surface area contributed by atoms with Gasteiger partial charge in [-0.25, -0.2) is 4.98 Å². The molecule has 2 amide bonds.